The Labute approximate surface area is 133 Å². The predicted molar refractivity (Wildman–Crippen MR) is 83.0 cm³/mol. The number of aliphatic hydroxyl groups excluding tert-OH is 1. The monoisotopic (exact) mass is 323 g/mol. The summed E-state index contributed by atoms with van der Waals surface area (Å²) in [7, 11) is 0. The van der Waals surface area contributed by atoms with Gasteiger partial charge in [-0.3, -0.25) is 4.79 Å². The third kappa shape index (κ3) is 3.54. The molecule has 6 heteroatoms. The summed E-state index contributed by atoms with van der Waals surface area (Å²) in [6, 6.07) is 3.66. The van der Waals surface area contributed by atoms with Crippen molar-refractivity contribution in [3.05, 3.63) is 28.8 Å². The van der Waals surface area contributed by atoms with Gasteiger partial charge in [0.25, 0.3) is 0 Å². The van der Waals surface area contributed by atoms with E-state index in [2.05, 4.69) is 5.32 Å². The molecule has 1 aromatic carbocycles. The number of aliphatic hydroxyl groups is 1. The van der Waals surface area contributed by atoms with E-state index in [0.29, 0.717) is 16.5 Å². The second kappa shape index (κ2) is 6.58. The second-order valence-electron chi connectivity index (χ2n) is 5.58. The molecule has 0 unspecified atom stereocenters. The third-order valence-electron chi connectivity index (χ3n) is 3.92. The Bertz CT molecular complexity index is 594. The molecule has 0 spiro atoms. The topological polar surface area (TPSA) is 67.8 Å². The molecule has 1 amide bonds. The van der Waals surface area contributed by atoms with Crippen molar-refractivity contribution in [2.45, 2.75) is 37.8 Å². The Hall–Kier alpha value is -1.72. The number of halogens is 1. The summed E-state index contributed by atoms with van der Waals surface area (Å²) in [4.78, 5) is 11.9. The smallest absolute Gasteiger partial charge is 0.244 e. The quantitative estimate of drug-likeness (QED) is 0.839. The van der Waals surface area contributed by atoms with Gasteiger partial charge in [-0.1, -0.05) is 11.6 Å². The number of hydrogen-bond acceptors (Lipinski definition) is 4. The first-order valence-electron chi connectivity index (χ1n) is 7.37. The number of rotatable bonds is 3. The van der Waals surface area contributed by atoms with Gasteiger partial charge in [0, 0.05) is 12.1 Å². The van der Waals surface area contributed by atoms with Gasteiger partial charge in [0.05, 0.1) is 11.1 Å². The first-order valence-corrected chi connectivity index (χ1v) is 7.75. The molecule has 0 bridgehead atoms. The van der Waals surface area contributed by atoms with E-state index in [1.165, 1.54) is 6.08 Å². The zero-order valence-corrected chi connectivity index (χ0v) is 12.8. The average molecular weight is 324 g/mol. The SMILES string of the molecule is O=C(C=Cc1cc(Cl)c2c(c1)OCO2)NC1CCC(O)CC1. The lowest BCUT2D eigenvalue weighted by atomic mass is 9.93. The van der Waals surface area contributed by atoms with Crippen LogP contribution in [0.2, 0.25) is 5.02 Å². The van der Waals surface area contributed by atoms with Crippen LogP contribution in [0.4, 0.5) is 0 Å². The number of fused-ring (bicyclic) bond motifs is 1. The van der Waals surface area contributed by atoms with Gasteiger partial charge in [0.1, 0.15) is 0 Å². The molecule has 0 atom stereocenters. The van der Waals surface area contributed by atoms with E-state index >= 15 is 0 Å². The van der Waals surface area contributed by atoms with E-state index in [0.717, 1.165) is 31.2 Å². The third-order valence-corrected chi connectivity index (χ3v) is 4.20. The average Bonchev–Trinajstić information content (AvgIpc) is 2.97. The van der Waals surface area contributed by atoms with E-state index in [1.807, 2.05) is 0 Å². The fourth-order valence-corrected chi connectivity index (χ4v) is 3.00. The van der Waals surface area contributed by atoms with Crippen LogP contribution in [0.1, 0.15) is 31.2 Å². The van der Waals surface area contributed by atoms with Gasteiger partial charge in [-0.05, 0) is 49.5 Å². The van der Waals surface area contributed by atoms with Crippen LogP contribution in [0, 0.1) is 0 Å². The molecule has 0 aromatic heterocycles. The van der Waals surface area contributed by atoms with Gasteiger partial charge in [-0.15, -0.1) is 0 Å². The summed E-state index contributed by atoms with van der Waals surface area (Å²) in [6.07, 6.45) is 6.07. The number of benzene rings is 1. The highest BCUT2D eigenvalue weighted by molar-refractivity contribution is 6.32. The van der Waals surface area contributed by atoms with Gasteiger partial charge in [-0.25, -0.2) is 0 Å². The van der Waals surface area contributed by atoms with Gasteiger partial charge in [-0.2, -0.15) is 0 Å². The Balaban J connectivity index is 1.59. The van der Waals surface area contributed by atoms with Crippen molar-refractivity contribution in [3.63, 3.8) is 0 Å². The van der Waals surface area contributed by atoms with Gasteiger partial charge >= 0.3 is 0 Å². The van der Waals surface area contributed by atoms with E-state index in [9.17, 15) is 9.90 Å². The fraction of sp³-hybridized carbons (Fsp3) is 0.438. The number of hydrogen-bond donors (Lipinski definition) is 2. The standard InChI is InChI=1S/C16H18ClNO4/c17-13-7-10(8-14-16(13)22-9-21-14)1-6-15(20)18-11-2-4-12(19)5-3-11/h1,6-8,11-12,19H,2-5,9H2,(H,18,20). The molecular weight excluding hydrogens is 306 g/mol. The Morgan fingerprint density at radius 1 is 1.27 bits per heavy atom. The van der Waals surface area contributed by atoms with E-state index in [1.54, 1.807) is 18.2 Å². The minimum absolute atomic E-state index is 0.140. The maximum absolute atomic E-state index is 11.9. The van der Waals surface area contributed by atoms with Crippen molar-refractivity contribution in [2.24, 2.45) is 0 Å². The normalized spacial score (nSPS) is 23.7. The van der Waals surface area contributed by atoms with Crippen LogP contribution in [0.15, 0.2) is 18.2 Å². The zero-order chi connectivity index (χ0) is 15.5. The number of carbonyl (C=O) groups excluding carboxylic acids is 1. The first-order chi connectivity index (χ1) is 10.6. The summed E-state index contributed by atoms with van der Waals surface area (Å²) in [5.41, 5.74) is 0.781. The van der Waals surface area contributed by atoms with Crippen LogP contribution < -0.4 is 14.8 Å². The number of amides is 1. The molecule has 0 saturated heterocycles. The van der Waals surface area contributed by atoms with Crippen molar-refractivity contribution < 1.29 is 19.4 Å². The van der Waals surface area contributed by atoms with Gasteiger partial charge in [0.15, 0.2) is 11.5 Å². The molecule has 2 N–H and O–H groups in total. The lowest BCUT2D eigenvalue weighted by molar-refractivity contribution is -0.117. The largest absolute Gasteiger partial charge is 0.454 e. The van der Waals surface area contributed by atoms with Crippen molar-refractivity contribution in [1.29, 1.82) is 0 Å². The Kier molecular flexibility index (Phi) is 4.55. The maximum Gasteiger partial charge on any atom is 0.244 e. The molecule has 1 saturated carbocycles. The van der Waals surface area contributed by atoms with Crippen molar-refractivity contribution >= 4 is 23.6 Å². The lowest BCUT2D eigenvalue weighted by Gasteiger charge is -2.25. The second-order valence-corrected chi connectivity index (χ2v) is 5.99. The van der Waals surface area contributed by atoms with Crippen molar-refractivity contribution in [1.82, 2.24) is 5.32 Å². The van der Waals surface area contributed by atoms with Crippen LogP contribution >= 0.6 is 11.6 Å². The molecule has 1 fully saturated rings. The molecule has 3 rings (SSSR count). The highest BCUT2D eigenvalue weighted by Gasteiger charge is 2.20. The zero-order valence-electron chi connectivity index (χ0n) is 12.0. The fourth-order valence-electron chi connectivity index (χ4n) is 2.72. The van der Waals surface area contributed by atoms with E-state index < -0.39 is 0 Å². The molecule has 22 heavy (non-hydrogen) atoms. The van der Waals surface area contributed by atoms with Crippen LogP contribution in [0.25, 0.3) is 6.08 Å². The Morgan fingerprint density at radius 3 is 2.82 bits per heavy atom. The molecule has 1 aromatic rings. The van der Waals surface area contributed by atoms with Crippen LogP contribution in [-0.2, 0) is 4.79 Å². The number of nitrogens with one attached hydrogen (secondary N) is 1. The molecule has 118 valence electrons. The molecule has 1 heterocycles. The summed E-state index contributed by atoms with van der Waals surface area (Å²) in [5.74, 6) is 0.994. The van der Waals surface area contributed by atoms with Crippen LogP contribution in [-0.4, -0.2) is 30.0 Å². The highest BCUT2D eigenvalue weighted by atomic mass is 35.5. The van der Waals surface area contributed by atoms with Crippen molar-refractivity contribution in [3.8, 4) is 11.5 Å². The van der Waals surface area contributed by atoms with Gasteiger partial charge < -0.3 is 19.9 Å². The first kappa shape index (κ1) is 15.2. The molecule has 1 aliphatic carbocycles. The van der Waals surface area contributed by atoms with E-state index in [-0.39, 0.29) is 24.8 Å². The molecule has 5 nitrogen and oxygen atoms in total. The maximum atomic E-state index is 11.9. The summed E-state index contributed by atoms with van der Waals surface area (Å²) >= 11 is 6.10. The molecule has 0 radical (unpaired) electrons. The minimum atomic E-state index is -0.223. The number of ether oxygens (including phenoxy) is 2. The Morgan fingerprint density at radius 2 is 2.05 bits per heavy atom. The minimum Gasteiger partial charge on any atom is -0.454 e. The molecule has 1 aliphatic heterocycles. The van der Waals surface area contributed by atoms with Crippen LogP contribution in [0.5, 0.6) is 11.5 Å². The summed E-state index contributed by atoms with van der Waals surface area (Å²) in [5, 5.41) is 12.9. The predicted octanol–water partition coefficient (Wildman–Crippen LogP) is 2.50. The summed E-state index contributed by atoms with van der Waals surface area (Å²) in [6.45, 7) is 0.163. The summed E-state index contributed by atoms with van der Waals surface area (Å²) < 4.78 is 10.5. The van der Waals surface area contributed by atoms with Crippen LogP contribution in [0.3, 0.4) is 0 Å². The van der Waals surface area contributed by atoms with Crippen molar-refractivity contribution in [2.75, 3.05) is 6.79 Å². The highest BCUT2D eigenvalue weighted by Crippen LogP contribution is 2.40. The molecular formula is C16H18ClNO4. The lowest BCUT2D eigenvalue weighted by Crippen LogP contribution is -2.37. The number of carbonyl (C=O) groups is 1. The molecule has 2 aliphatic rings. The van der Waals surface area contributed by atoms with E-state index in [4.69, 9.17) is 21.1 Å². The van der Waals surface area contributed by atoms with Gasteiger partial charge in [0.2, 0.25) is 12.7 Å².